The second kappa shape index (κ2) is 12.1. The number of nitrogens with zero attached hydrogens (tertiary/aromatic N) is 2. The van der Waals surface area contributed by atoms with Gasteiger partial charge in [-0.05, 0) is 85.4 Å². The van der Waals surface area contributed by atoms with Gasteiger partial charge in [0, 0.05) is 23.3 Å². The third kappa shape index (κ3) is 7.22. The number of hydrogen-bond donors (Lipinski definition) is 3. The van der Waals surface area contributed by atoms with Crippen molar-refractivity contribution >= 4 is 49.1 Å². The summed E-state index contributed by atoms with van der Waals surface area (Å²) >= 11 is 6.17. The number of aromatic nitrogens is 1. The Balaban J connectivity index is 1.55. The highest BCUT2D eigenvalue weighted by molar-refractivity contribution is 6.72. The van der Waals surface area contributed by atoms with Crippen molar-refractivity contribution in [3.63, 3.8) is 0 Å². The number of hydrogen-bond acceptors (Lipinski definition) is 5. The van der Waals surface area contributed by atoms with E-state index in [1.807, 2.05) is 26.1 Å². The van der Waals surface area contributed by atoms with E-state index in [-0.39, 0.29) is 29.3 Å². The molecule has 10 heteroatoms. The Labute approximate surface area is 247 Å². The van der Waals surface area contributed by atoms with Crippen molar-refractivity contribution in [2.24, 2.45) is 0 Å². The van der Waals surface area contributed by atoms with Crippen LogP contribution in [0.3, 0.4) is 0 Å². The zero-order valence-corrected chi connectivity index (χ0v) is 25.9. The van der Waals surface area contributed by atoms with Crippen molar-refractivity contribution in [3.8, 4) is 0 Å². The van der Waals surface area contributed by atoms with E-state index >= 15 is 0 Å². The number of amides is 3. The van der Waals surface area contributed by atoms with Crippen LogP contribution in [0.1, 0.15) is 65.0 Å². The molecule has 41 heavy (non-hydrogen) atoms. The lowest BCUT2D eigenvalue weighted by Gasteiger charge is -2.36. The van der Waals surface area contributed by atoms with Crippen LogP contribution in [0.25, 0.3) is 0 Å². The summed E-state index contributed by atoms with van der Waals surface area (Å²) < 4.78 is 0. The largest absolute Gasteiger partial charge is 0.432 e. The minimum atomic E-state index is -2.42. The van der Waals surface area contributed by atoms with Gasteiger partial charge in [-0.2, -0.15) is 0 Å². The lowest BCUT2D eigenvalue weighted by molar-refractivity contribution is -0.120. The van der Waals surface area contributed by atoms with Crippen molar-refractivity contribution in [3.05, 3.63) is 88.1 Å². The summed E-state index contributed by atoms with van der Waals surface area (Å²) in [6, 6.07) is 14.7. The molecule has 3 amide bonds. The van der Waals surface area contributed by atoms with Crippen LogP contribution in [0.15, 0.2) is 60.8 Å². The summed E-state index contributed by atoms with van der Waals surface area (Å²) in [5.41, 5.74) is 2.99. The normalized spacial score (nSPS) is 15.7. The van der Waals surface area contributed by atoms with Gasteiger partial charge in [-0.25, -0.2) is 4.98 Å². The summed E-state index contributed by atoms with van der Waals surface area (Å²) in [5.74, 6) is -0.384. The van der Waals surface area contributed by atoms with E-state index in [9.17, 15) is 19.2 Å². The lowest BCUT2D eigenvalue weighted by Crippen LogP contribution is -2.45. The molecular weight excluding hydrogens is 556 g/mol. The van der Waals surface area contributed by atoms with Gasteiger partial charge in [-0.3, -0.25) is 14.4 Å². The Morgan fingerprint density at radius 1 is 1.12 bits per heavy atom. The molecule has 1 aliphatic heterocycles. The first-order valence-corrected chi connectivity index (χ1v) is 17.0. The van der Waals surface area contributed by atoms with Crippen LogP contribution in [0, 0.1) is 6.92 Å². The molecule has 8 nitrogen and oxygen atoms in total. The monoisotopic (exact) mass is 592 g/mol. The number of nitrogens with one attached hydrogen (secondary N) is 2. The number of carbonyl (C=O) groups is 3. The third-order valence-corrected chi connectivity index (χ3v) is 11.9. The first-order chi connectivity index (χ1) is 19.2. The smallest absolute Gasteiger partial charge is 0.256 e. The molecule has 0 spiro atoms. The number of carbonyl (C=O) groups excluding carboxylic acids is 3. The highest BCUT2D eigenvalue weighted by Crippen LogP contribution is 2.40. The number of rotatable bonds is 9. The average molecular weight is 593 g/mol. The van der Waals surface area contributed by atoms with Gasteiger partial charge in [0.05, 0.1) is 11.3 Å². The maximum absolute atomic E-state index is 13.8. The van der Waals surface area contributed by atoms with Crippen LogP contribution in [-0.2, 0) is 11.3 Å². The Morgan fingerprint density at radius 2 is 1.83 bits per heavy atom. The van der Waals surface area contributed by atoms with Gasteiger partial charge < -0.3 is 20.3 Å². The average Bonchev–Trinajstić information content (AvgIpc) is 2.99. The highest BCUT2D eigenvalue weighted by Gasteiger charge is 2.39. The zero-order chi connectivity index (χ0) is 29.9. The van der Waals surface area contributed by atoms with Crippen LogP contribution in [0.2, 0.25) is 23.2 Å². The van der Waals surface area contributed by atoms with E-state index in [1.54, 1.807) is 59.6 Å². The van der Waals surface area contributed by atoms with E-state index in [4.69, 9.17) is 11.6 Å². The standard InChI is InChI=1S/C31H37ClN4O4Si/c1-20-8-15-27(33-18-20)35-28(37)22-11-9-21(10-12-22)19-36-26(7-6-16-31(2,3)41(4,5)40)29(38)34-25-17-23(32)13-14-24(25)30(36)39/h8-15,17-18,26,40H,6-7,16,19H2,1-5H3,(H,34,38)(H,33,35,37)/t26-/m1/s1. The number of pyridine rings is 1. The lowest BCUT2D eigenvalue weighted by atomic mass is 10.00. The number of benzene rings is 2. The molecule has 2 aromatic carbocycles. The van der Waals surface area contributed by atoms with Gasteiger partial charge in [0.15, 0.2) is 8.32 Å². The van der Waals surface area contributed by atoms with Crippen molar-refractivity contribution < 1.29 is 19.2 Å². The second-order valence-electron chi connectivity index (χ2n) is 11.8. The van der Waals surface area contributed by atoms with Crippen LogP contribution in [0.5, 0.6) is 0 Å². The van der Waals surface area contributed by atoms with E-state index in [1.165, 1.54) is 0 Å². The van der Waals surface area contributed by atoms with E-state index in [0.717, 1.165) is 17.5 Å². The van der Waals surface area contributed by atoms with Gasteiger partial charge in [-0.1, -0.05) is 50.1 Å². The summed E-state index contributed by atoms with van der Waals surface area (Å²) in [4.78, 5) is 56.6. The van der Waals surface area contributed by atoms with Crippen molar-refractivity contribution in [2.45, 2.75) is 70.8 Å². The SMILES string of the molecule is Cc1ccc(NC(=O)c2ccc(CN3C(=O)c4ccc(Cl)cc4NC(=O)[C@H]3CCCC(C)(C)[Si](C)(C)O)cc2)nc1. The predicted octanol–water partition coefficient (Wildman–Crippen LogP) is 6.41. The van der Waals surface area contributed by atoms with Gasteiger partial charge in [0.1, 0.15) is 11.9 Å². The van der Waals surface area contributed by atoms with E-state index < -0.39 is 14.4 Å². The van der Waals surface area contributed by atoms with Crippen molar-refractivity contribution in [1.82, 2.24) is 9.88 Å². The molecule has 0 radical (unpaired) electrons. The number of fused-ring (bicyclic) bond motifs is 1. The first kappa shape index (κ1) is 30.4. The number of anilines is 2. The van der Waals surface area contributed by atoms with Gasteiger partial charge in [0.2, 0.25) is 5.91 Å². The molecule has 0 bridgehead atoms. The minimum Gasteiger partial charge on any atom is -0.432 e. The molecule has 216 valence electrons. The Kier molecular flexibility index (Phi) is 9.01. The molecule has 0 aliphatic carbocycles. The Morgan fingerprint density at radius 3 is 2.46 bits per heavy atom. The molecule has 3 N–H and O–H groups in total. The van der Waals surface area contributed by atoms with Gasteiger partial charge >= 0.3 is 0 Å². The summed E-state index contributed by atoms with van der Waals surface area (Å²) in [5, 5.41) is 5.86. The molecule has 0 saturated heterocycles. The minimum absolute atomic E-state index is 0.185. The van der Waals surface area contributed by atoms with Gasteiger partial charge in [-0.15, -0.1) is 0 Å². The first-order valence-electron chi connectivity index (χ1n) is 13.7. The molecule has 3 aromatic rings. The van der Waals surface area contributed by atoms with Gasteiger partial charge in [0.25, 0.3) is 11.8 Å². The molecule has 2 heterocycles. The Bertz CT molecular complexity index is 1440. The Hall–Kier alpha value is -3.53. The summed E-state index contributed by atoms with van der Waals surface area (Å²) in [7, 11) is -2.42. The third-order valence-electron chi connectivity index (χ3n) is 8.07. The van der Waals surface area contributed by atoms with E-state index in [0.29, 0.717) is 40.5 Å². The topological polar surface area (TPSA) is 112 Å². The van der Waals surface area contributed by atoms with Crippen molar-refractivity contribution in [1.29, 1.82) is 0 Å². The van der Waals surface area contributed by atoms with Crippen molar-refractivity contribution in [2.75, 3.05) is 10.6 Å². The molecule has 0 fully saturated rings. The van der Waals surface area contributed by atoms with Crippen LogP contribution < -0.4 is 10.6 Å². The molecule has 1 atom stereocenters. The zero-order valence-electron chi connectivity index (χ0n) is 24.1. The molecule has 1 aromatic heterocycles. The molecule has 1 aliphatic rings. The van der Waals surface area contributed by atoms with E-state index in [2.05, 4.69) is 29.5 Å². The molecule has 0 unspecified atom stereocenters. The predicted molar refractivity (Wildman–Crippen MR) is 165 cm³/mol. The molecular formula is C31H37ClN4O4Si. The van der Waals surface area contributed by atoms with Crippen LogP contribution >= 0.6 is 11.6 Å². The molecule has 0 saturated carbocycles. The fourth-order valence-electron chi connectivity index (χ4n) is 4.66. The number of halogens is 1. The number of aryl methyl sites for hydroxylation is 1. The van der Waals surface area contributed by atoms with Crippen LogP contribution in [0.4, 0.5) is 11.5 Å². The maximum Gasteiger partial charge on any atom is 0.256 e. The summed E-state index contributed by atoms with van der Waals surface area (Å²) in [6.45, 7) is 10.1. The maximum atomic E-state index is 13.8. The summed E-state index contributed by atoms with van der Waals surface area (Å²) in [6.07, 6.45) is 3.52. The second-order valence-corrected chi connectivity index (χ2v) is 16.7. The fourth-order valence-corrected chi connectivity index (χ4v) is 5.62. The quantitative estimate of drug-likeness (QED) is 0.249. The highest BCUT2D eigenvalue weighted by atomic mass is 35.5. The molecule has 4 rings (SSSR count). The fraction of sp³-hybridized carbons (Fsp3) is 0.355. The van der Waals surface area contributed by atoms with Crippen LogP contribution in [-0.4, -0.2) is 46.8 Å².